The lowest BCUT2D eigenvalue weighted by molar-refractivity contribution is 0.596. The largest absolute Gasteiger partial charge is 0.611 e. The van der Waals surface area contributed by atoms with Crippen LogP contribution in [0.25, 0.3) is 0 Å². The van der Waals surface area contributed by atoms with Crippen LogP contribution in [0.4, 0.5) is 5.82 Å². The molecule has 6 heteroatoms. The normalized spacial score (nSPS) is 19.7. The summed E-state index contributed by atoms with van der Waals surface area (Å²) in [5.41, 5.74) is 0.670. The molecule has 0 aromatic carbocycles. The predicted molar refractivity (Wildman–Crippen MR) is 65.4 cm³/mol. The summed E-state index contributed by atoms with van der Waals surface area (Å²) in [6.07, 6.45) is 0.711. The summed E-state index contributed by atoms with van der Waals surface area (Å²) >= 11 is 4.85. The van der Waals surface area contributed by atoms with E-state index in [0.29, 0.717) is 18.0 Å². The fourth-order valence-electron chi connectivity index (χ4n) is 1.61. The topological polar surface area (TPSA) is 60.9 Å². The molecule has 0 radical (unpaired) electrons. The van der Waals surface area contributed by atoms with Crippen LogP contribution in [0.1, 0.15) is 26.5 Å². The number of aromatic nitrogens is 2. The fourth-order valence-corrected chi connectivity index (χ4v) is 3.10. The molecule has 0 saturated heterocycles. The van der Waals surface area contributed by atoms with Crippen LogP contribution in [0.3, 0.4) is 0 Å². The summed E-state index contributed by atoms with van der Waals surface area (Å²) in [6.45, 7) is 6.06. The minimum absolute atomic E-state index is 0.141. The molecule has 1 N–H and O–H groups in total. The van der Waals surface area contributed by atoms with E-state index in [4.69, 9.17) is 11.6 Å². The summed E-state index contributed by atoms with van der Waals surface area (Å²) in [6, 6.07) is 0. The molecule has 88 valence electrons. The fraction of sp³-hybridized carbons (Fsp3) is 0.600. The average molecular weight is 260 g/mol. The number of rotatable bonds is 1. The van der Waals surface area contributed by atoms with Crippen LogP contribution in [0.15, 0.2) is 4.90 Å². The van der Waals surface area contributed by atoms with E-state index >= 15 is 0 Å². The monoisotopic (exact) mass is 259 g/mol. The molecular weight excluding hydrogens is 246 g/mol. The van der Waals surface area contributed by atoms with Crippen molar-refractivity contribution in [1.29, 1.82) is 0 Å². The number of fused-ring (bicyclic) bond motifs is 1. The number of hydrogen-bond acceptors (Lipinski definition) is 4. The van der Waals surface area contributed by atoms with Gasteiger partial charge in [0, 0.05) is 12.0 Å². The molecule has 0 fully saturated rings. The van der Waals surface area contributed by atoms with Gasteiger partial charge in [0.25, 0.3) is 0 Å². The first-order valence-electron chi connectivity index (χ1n) is 5.10. The number of hydrogen-bond donors (Lipinski definition) is 1. The highest BCUT2D eigenvalue weighted by molar-refractivity contribution is 7.91. The highest BCUT2D eigenvalue weighted by Gasteiger charge is 2.32. The van der Waals surface area contributed by atoms with Gasteiger partial charge >= 0.3 is 0 Å². The molecule has 2 heterocycles. The molecule has 0 bridgehead atoms. The van der Waals surface area contributed by atoms with E-state index in [2.05, 4.69) is 15.3 Å². The maximum atomic E-state index is 11.8. The molecule has 1 aliphatic rings. The van der Waals surface area contributed by atoms with Crippen molar-refractivity contribution in [2.24, 2.45) is 0 Å². The molecule has 0 saturated carbocycles. The second kappa shape index (κ2) is 4.05. The molecule has 4 nitrogen and oxygen atoms in total. The highest BCUT2D eigenvalue weighted by Crippen LogP contribution is 2.32. The third-order valence-corrected chi connectivity index (χ3v) is 3.78. The van der Waals surface area contributed by atoms with Gasteiger partial charge in [-0.1, -0.05) is 0 Å². The van der Waals surface area contributed by atoms with Gasteiger partial charge < -0.3 is 9.87 Å². The van der Waals surface area contributed by atoms with Crippen molar-refractivity contribution in [2.45, 2.75) is 37.6 Å². The van der Waals surface area contributed by atoms with Gasteiger partial charge in [-0.2, -0.15) is 4.98 Å². The average Bonchev–Trinajstić information content (AvgIpc) is 2.44. The van der Waals surface area contributed by atoms with Gasteiger partial charge in [-0.05, 0) is 43.5 Å². The van der Waals surface area contributed by atoms with E-state index in [9.17, 15) is 4.55 Å². The first kappa shape index (κ1) is 12.0. The maximum absolute atomic E-state index is 11.8. The second-order valence-corrected chi connectivity index (χ2v) is 6.64. The maximum Gasteiger partial charge on any atom is 0.224 e. The van der Waals surface area contributed by atoms with Crippen LogP contribution in [0.2, 0.25) is 5.28 Å². The van der Waals surface area contributed by atoms with Crippen LogP contribution in [-0.2, 0) is 17.6 Å². The molecule has 1 atom stereocenters. The molecule has 1 unspecified atom stereocenters. The Morgan fingerprint density at radius 1 is 1.38 bits per heavy atom. The van der Waals surface area contributed by atoms with Crippen LogP contribution in [0.5, 0.6) is 0 Å². The van der Waals surface area contributed by atoms with Gasteiger partial charge in [-0.3, -0.25) is 0 Å². The number of anilines is 1. The second-order valence-electron chi connectivity index (χ2n) is 4.79. The van der Waals surface area contributed by atoms with Gasteiger partial charge in [0.15, 0.2) is 5.82 Å². The van der Waals surface area contributed by atoms with Crippen molar-refractivity contribution in [2.75, 3.05) is 11.1 Å². The SMILES string of the molecule is CC(C)(C)Nc1nc(Cl)nc2c1[S+]([O-])CC2. The van der Waals surface area contributed by atoms with Crippen molar-refractivity contribution < 1.29 is 4.55 Å². The molecule has 0 spiro atoms. The van der Waals surface area contributed by atoms with Crippen LogP contribution < -0.4 is 5.32 Å². The molecular formula is C10H14ClN3OS. The number of aryl methyl sites for hydroxylation is 1. The smallest absolute Gasteiger partial charge is 0.224 e. The first-order chi connectivity index (χ1) is 7.37. The summed E-state index contributed by atoms with van der Waals surface area (Å²) in [7, 11) is 0. The summed E-state index contributed by atoms with van der Waals surface area (Å²) in [5.74, 6) is 1.22. The standard InChI is InChI=1S/C10H14ClN3OS/c1-10(2,3)14-8-7-6(4-5-16(7)15)12-9(11)13-8/h4-5H2,1-3H3,(H,12,13,14). The van der Waals surface area contributed by atoms with Crippen LogP contribution in [-0.4, -0.2) is 25.8 Å². The van der Waals surface area contributed by atoms with Crippen LogP contribution in [0, 0.1) is 0 Å². The Kier molecular flexibility index (Phi) is 3.03. The van der Waals surface area contributed by atoms with Crippen molar-refractivity contribution in [1.82, 2.24) is 9.97 Å². The van der Waals surface area contributed by atoms with Crippen molar-refractivity contribution >= 4 is 28.6 Å². The Labute approximate surface area is 103 Å². The third kappa shape index (κ3) is 2.42. The zero-order chi connectivity index (χ0) is 11.9. The Morgan fingerprint density at radius 2 is 2.06 bits per heavy atom. The summed E-state index contributed by atoms with van der Waals surface area (Å²) < 4.78 is 11.8. The van der Waals surface area contributed by atoms with Gasteiger partial charge in [-0.25, -0.2) is 4.98 Å². The zero-order valence-electron chi connectivity index (χ0n) is 9.50. The molecule has 1 aliphatic heterocycles. The van der Waals surface area contributed by atoms with E-state index in [1.807, 2.05) is 20.8 Å². The molecule has 2 rings (SSSR count). The molecule has 0 amide bonds. The Morgan fingerprint density at radius 3 is 2.69 bits per heavy atom. The minimum atomic E-state index is -0.998. The van der Waals surface area contributed by atoms with E-state index in [-0.39, 0.29) is 10.8 Å². The Bertz CT molecular complexity index is 419. The number of halogens is 1. The predicted octanol–water partition coefficient (Wildman–Crippen LogP) is 2.00. The molecule has 1 aromatic rings. The molecule has 1 aromatic heterocycles. The van der Waals surface area contributed by atoms with Gasteiger partial charge in [-0.15, -0.1) is 0 Å². The summed E-state index contributed by atoms with van der Waals surface area (Å²) in [4.78, 5) is 8.97. The van der Waals surface area contributed by atoms with E-state index < -0.39 is 11.2 Å². The quantitative estimate of drug-likeness (QED) is 0.619. The van der Waals surface area contributed by atoms with Crippen molar-refractivity contribution in [3.05, 3.63) is 11.0 Å². The van der Waals surface area contributed by atoms with Gasteiger partial charge in [0.2, 0.25) is 10.2 Å². The van der Waals surface area contributed by atoms with E-state index in [1.165, 1.54) is 0 Å². The number of nitrogens with zero attached hydrogens (tertiary/aromatic N) is 2. The third-order valence-electron chi connectivity index (χ3n) is 2.15. The van der Waals surface area contributed by atoms with E-state index in [1.54, 1.807) is 0 Å². The zero-order valence-corrected chi connectivity index (χ0v) is 11.1. The van der Waals surface area contributed by atoms with Crippen molar-refractivity contribution in [3.63, 3.8) is 0 Å². The number of nitrogens with one attached hydrogen (secondary N) is 1. The van der Waals surface area contributed by atoms with Gasteiger partial charge in [0.1, 0.15) is 11.4 Å². The minimum Gasteiger partial charge on any atom is -0.611 e. The van der Waals surface area contributed by atoms with Crippen LogP contribution >= 0.6 is 11.6 Å². The lowest BCUT2D eigenvalue weighted by atomic mass is 10.1. The summed E-state index contributed by atoms with van der Waals surface area (Å²) in [5, 5.41) is 3.44. The highest BCUT2D eigenvalue weighted by atomic mass is 35.5. The lowest BCUT2D eigenvalue weighted by Crippen LogP contribution is -2.28. The Hall–Kier alpha value is -0.520. The van der Waals surface area contributed by atoms with Crippen molar-refractivity contribution in [3.8, 4) is 0 Å². The molecule has 0 aliphatic carbocycles. The van der Waals surface area contributed by atoms with Gasteiger partial charge in [0.05, 0.1) is 0 Å². The first-order valence-corrected chi connectivity index (χ1v) is 6.79. The van der Waals surface area contributed by atoms with E-state index in [0.717, 1.165) is 10.6 Å². The lowest BCUT2D eigenvalue weighted by Gasteiger charge is -2.22. The molecule has 16 heavy (non-hydrogen) atoms. The Balaban J connectivity index is 2.45.